The van der Waals surface area contributed by atoms with Crippen LogP contribution in [0.1, 0.15) is 11.3 Å². The SMILES string of the molecule is CN=C(NCC(=O)N(C)C)NCc1coc(-c2ccc(C)cc2)n1.I. The van der Waals surface area contributed by atoms with Crippen molar-refractivity contribution in [3.05, 3.63) is 41.8 Å². The average molecular weight is 457 g/mol. The van der Waals surface area contributed by atoms with Gasteiger partial charge in [-0.25, -0.2) is 4.98 Å². The summed E-state index contributed by atoms with van der Waals surface area (Å²) in [7, 11) is 5.07. The van der Waals surface area contributed by atoms with Gasteiger partial charge in [0, 0.05) is 26.7 Å². The fraction of sp³-hybridized carbons (Fsp3) is 0.353. The van der Waals surface area contributed by atoms with Crippen LogP contribution in [0.3, 0.4) is 0 Å². The van der Waals surface area contributed by atoms with Gasteiger partial charge in [-0.05, 0) is 19.1 Å². The normalized spacial score (nSPS) is 10.8. The highest BCUT2D eigenvalue weighted by molar-refractivity contribution is 14.0. The van der Waals surface area contributed by atoms with E-state index in [0.717, 1.165) is 11.3 Å². The minimum atomic E-state index is -0.0268. The number of oxazole rings is 1. The van der Waals surface area contributed by atoms with Crippen molar-refractivity contribution in [3.63, 3.8) is 0 Å². The van der Waals surface area contributed by atoms with Crippen molar-refractivity contribution in [2.75, 3.05) is 27.7 Å². The van der Waals surface area contributed by atoms with Gasteiger partial charge in [0.15, 0.2) is 5.96 Å². The number of aliphatic imine (C=N–C) groups is 1. The van der Waals surface area contributed by atoms with Gasteiger partial charge >= 0.3 is 0 Å². The van der Waals surface area contributed by atoms with E-state index >= 15 is 0 Å². The molecule has 0 fully saturated rings. The average Bonchev–Trinajstić information content (AvgIpc) is 3.04. The first kappa shape index (κ1) is 20.9. The molecule has 0 saturated heterocycles. The monoisotopic (exact) mass is 457 g/mol. The highest BCUT2D eigenvalue weighted by Gasteiger charge is 2.08. The highest BCUT2D eigenvalue weighted by Crippen LogP contribution is 2.18. The van der Waals surface area contributed by atoms with E-state index in [1.54, 1.807) is 27.4 Å². The predicted molar refractivity (Wildman–Crippen MR) is 109 cm³/mol. The van der Waals surface area contributed by atoms with E-state index in [4.69, 9.17) is 4.42 Å². The Balaban J connectivity index is 0.00000312. The Hall–Kier alpha value is -2.10. The molecule has 0 spiro atoms. The highest BCUT2D eigenvalue weighted by atomic mass is 127. The zero-order valence-corrected chi connectivity index (χ0v) is 17.2. The van der Waals surface area contributed by atoms with Crippen molar-refractivity contribution in [3.8, 4) is 11.5 Å². The first-order chi connectivity index (χ1) is 11.5. The van der Waals surface area contributed by atoms with Crippen LogP contribution in [0.25, 0.3) is 11.5 Å². The first-order valence-electron chi connectivity index (χ1n) is 7.65. The third kappa shape index (κ3) is 6.37. The fourth-order valence-electron chi connectivity index (χ4n) is 1.93. The Morgan fingerprint density at radius 2 is 1.92 bits per heavy atom. The summed E-state index contributed by atoms with van der Waals surface area (Å²) < 4.78 is 5.51. The van der Waals surface area contributed by atoms with Crippen molar-refractivity contribution in [1.29, 1.82) is 0 Å². The number of rotatable bonds is 5. The molecule has 0 unspecified atom stereocenters. The van der Waals surface area contributed by atoms with Crippen molar-refractivity contribution < 1.29 is 9.21 Å². The Labute approximate surface area is 164 Å². The van der Waals surface area contributed by atoms with Crippen molar-refractivity contribution in [2.45, 2.75) is 13.5 Å². The number of hydrogen-bond acceptors (Lipinski definition) is 4. The Bertz CT molecular complexity index is 710. The second-order valence-electron chi connectivity index (χ2n) is 5.58. The van der Waals surface area contributed by atoms with Crippen LogP contribution in [0.5, 0.6) is 0 Å². The second-order valence-corrected chi connectivity index (χ2v) is 5.58. The lowest BCUT2D eigenvalue weighted by Gasteiger charge is -2.13. The van der Waals surface area contributed by atoms with Gasteiger partial charge in [-0.2, -0.15) is 0 Å². The molecule has 8 heteroatoms. The van der Waals surface area contributed by atoms with Gasteiger partial charge in [-0.15, -0.1) is 24.0 Å². The van der Waals surface area contributed by atoms with Crippen LogP contribution < -0.4 is 10.6 Å². The summed E-state index contributed by atoms with van der Waals surface area (Å²) in [5.74, 6) is 1.09. The molecule has 25 heavy (non-hydrogen) atoms. The lowest BCUT2D eigenvalue weighted by atomic mass is 10.1. The van der Waals surface area contributed by atoms with E-state index in [-0.39, 0.29) is 36.4 Å². The number of hydrogen-bond donors (Lipinski definition) is 2. The molecule has 7 nitrogen and oxygen atoms in total. The molecule has 2 N–H and O–H groups in total. The summed E-state index contributed by atoms with van der Waals surface area (Å²) in [4.78, 5) is 21.6. The lowest BCUT2D eigenvalue weighted by Crippen LogP contribution is -2.42. The summed E-state index contributed by atoms with van der Waals surface area (Å²) in [5.41, 5.74) is 2.88. The minimum Gasteiger partial charge on any atom is -0.444 e. The van der Waals surface area contributed by atoms with Gasteiger partial charge in [0.2, 0.25) is 11.8 Å². The maximum Gasteiger partial charge on any atom is 0.241 e. The summed E-state index contributed by atoms with van der Waals surface area (Å²) >= 11 is 0. The number of nitrogens with zero attached hydrogens (tertiary/aromatic N) is 3. The largest absolute Gasteiger partial charge is 0.444 e. The maximum absolute atomic E-state index is 11.6. The fourth-order valence-corrected chi connectivity index (χ4v) is 1.93. The van der Waals surface area contributed by atoms with Gasteiger partial charge in [-0.3, -0.25) is 9.79 Å². The molecule has 1 aromatic heterocycles. The van der Waals surface area contributed by atoms with E-state index in [9.17, 15) is 4.79 Å². The smallest absolute Gasteiger partial charge is 0.241 e. The van der Waals surface area contributed by atoms with Gasteiger partial charge in [0.05, 0.1) is 18.8 Å². The minimum absolute atomic E-state index is 0. The van der Waals surface area contributed by atoms with Gasteiger partial charge in [0.25, 0.3) is 0 Å². The van der Waals surface area contributed by atoms with Crippen molar-refractivity contribution in [1.82, 2.24) is 20.5 Å². The van der Waals surface area contributed by atoms with E-state index in [1.807, 2.05) is 31.2 Å². The second kappa shape index (κ2) is 10.0. The number of aromatic nitrogens is 1. The van der Waals surface area contributed by atoms with E-state index in [0.29, 0.717) is 18.4 Å². The van der Waals surface area contributed by atoms with Gasteiger partial charge in [-0.1, -0.05) is 17.7 Å². The zero-order valence-electron chi connectivity index (χ0n) is 14.9. The Morgan fingerprint density at radius 3 is 2.52 bits per heavy atom. The molecule has 2 aromatic rings. The van der Waals surface area contributed by atoms with Crippen LogP contribution in [0.2, 0.25) is 0 Å². The quantitative estimate of drug-likeness (QED) is 0.408. The molecule has 0 aliphatic carbocycles. The van der Waals surface area contributed by atoms with Gasteiger partial charge < -0.3 is 20.0 Å². The van der Waals surface area contributed by atoms with Crippen LogP contribution in [-0.4, -0.2) is 49.4 Å². The molecule has 0 atom stereocenters. The standard InChI is InChI=1S/C17H23N5O2.HI/c1-12-5-7-13(8-6-12)16-21-14(11-24-16)9-19-17(18-2)20-10-15(23)22(3)4;/h5-8,11H,9-10H2,1-4H3,(H2,18,19,20);1H. The number of guanidine groups is 1. The molecule has 1 heterocycles. The van der Waals surface area contributed by atoms with Gasteiger partial charge in [0.1, 0.15) is 6.26 Å². The van der Waals surface area contributed by atoms with Crippen LogP contribution in [0.4, 0.5) is 0 Å². The number of nitrogens with one attached hydrogen (secondary N) is 2. The number of amides is 1. The molecular weight excluding hydrogens is 433 g/mol. The van der Waals surface area contributed by atoms with Crippen molar-refractivity contribution >= 4 is 35.8 Å². The Kier molecular flexibility index (Phi) is 8.39. The molecule has 1 amide bonds. The van der Waals surface area contributed by atoms with Crippen LogP contribution in [0, 0.1) is 6.92 Å². The molecular formula is C17H24IN5O2. The van der Waals surface area contributed by atoms with Crippen LogP contribution >= 0.6 is 24.0 Å². The number of halogens is 1. The number of aryl methyl sites for hydroxylation is 1. The van der Waals surface area contributed by atoms with Crippen LogP contribution in [0.15, 0.2) is 39.9 Å². The van der Waals surface area contributed by atoms with E-state index < -0.39 is 0 Å². The summed E-state index contributed by atoms with van der Waals surface area (Å²) in [6, 6.07) is 7.99. The van der Waals surface area contributed by atoms with Crippen molar-refractivity contribution in [2.24, 2.45) is 4.99 Å². The third-order valence-electron chi connectivity index (χ3n) is 3.42. The molecule has 136 valence electrons. The number of carbonyl (C=O) groups is 1. The third-order valence-corrected chi connectivity index (χ3v) is 3.42. The van der Waals surface area contributed by atoms with Crippen LogP contribution in [-0.2, 0) is 11.3 Å². The Morgan fingerprint density at radius 1 is 1.24 bits per heavy atom. The molecule has 1 aromatic carbocycles. The lowest BCUT2D eigenvalue weighted by molar-refractivity contribution is -0.127. The summed E-state index contributed by atoms with van der Waals surface area (Å²) in [6.07, 6.45) is 1.61. The molecule has 0 saturated carbocycles. The molecule has 0 bridgehead atoms. The topological polar surface area (TPSA) is 82.8 Å². The molecule has 0 aliphatic rings. The number of benzene rings is 1. The number of likely N-dealkylation sites (N-methyl/N-ethyl adjacent to an activating group) is 1. The van der Waals surface area contributed by atoms with E-state index in [2.05, 4.69) is 20.6 Å². The predicted octanol–water partition coefficient (Wildman–Crippen LogP) is 2.02. The first-order valence-corrected chi connectivity index (χ1v) is 7.65. The molecule has 0 radical (unpaired) electrons. The molecule has 2 rings (SSSR count). The zero-order chi connectivity index (χ0) is 17.5. The maximum atomic E-state index is 11.6. The molecule has 0 aliphatic heterocycles. The summed E-state index contributed by atoms with van der Waals surface area (Å²) in [6.45, 7) is 2.67. The number of carbonyl (C=O) groups excluding carboxylic acids is 1. The summed E-state index contributed by atoms with van der Waals surface area (Å²) in [5, 5.41) is 6.05. The van der Waals surface area contributed by atoms with E-state index in [1.165, 1.54) is 10.5 Å².